The highest BCUT2D eigenvalue weighted by Crippen LogP contribution is 2.33. The molecule has 6 heteroatoms. The minimum absolute atomic E-state index is 0.0588. The lowest BCUT2D eigenvalue weighted by Crippen LogP contribution is -1.96. The van der Waals surface area contributed by atoms with Crippen molar-refractivity contribution in [3.8, 4) is 22.3 Å². The molecular formula is C16H11ClN2O2S. The zero-order valence-electron chi connectivity index (χ0n) is 11.3. The van der Waals surface area contributed by atoms with Crippen molar-refractivity contribution in [2.45, 2.75) is 4.90 Å². The standard InChI is InChI=1S/C16H11ClN2O2S/c17-22(20,21)16-9-12(13-3-1-7-18-10-13)5-6-15(16)14-4-2-8-19-11-14/h1-11H. The van der Waals surface area contributed by atoms with Crippen LogP contribution in [0.5, 0.6) is 0 Å². The molecule has 0 atom stereocenters. The van der Waals surface area contributed by atoms with Crippen molar-refractivity contribution in [3.63, 3.8) is 0 Å². The first-order chi connectivity index (χ1) is 10.6. The Labute approximate surface area is 132 Å². The van der Waals surface area contributed by atoms with E-state index in [9.17, 15) is 8.42 Å². The lowest BCUT2D eigenvalue weighted by molar-refractivity contribution is 0.610. The monoisotopic (exact) mass is 330 g/mol. The summed E-state index contributed by atoms with van der Waals surface area (Å²) in [5.41, 5.74) is 2.77. The maximum absolute atomic E-state index is 11.9. The van der Waals surface area contributed by atoms with Crippen molar-refractivity contribution in [2.24, 2.45) is 0 Å². The van der Waals surface area contributed by atoms with Gasteiger partial charge in [0.05, 0.1) is 4.90 Å². The van der Waals surface area contributed by atoms with Crippen LogP contribution in [0, 0.1) is 0 Å². The number of pyridine rings is 2. The summed E-state index contributed by atoms with van der Waals surface area (Å²) >= 11 is 0. The summed E-state index contributed by atoms with van der Waals surface area (Å²) < 4.78 is 23.9. The Morgan fingerprint density at radius 1 is 0.818 bits per heavy atom. The molecule has 0 aliphatic rings. The minimum Gasteiger partial charge on any atom is -0.264 e. The summed E-state index contributed by atoms with van der Waals surface area (Å²) in [4.78, 5) is 8.12. The number of hydrogen-bond donors (Lipinski definition) is 0. The molecule has 0 N–H and O–H groups in total. The van der Waals surface area contributed by atoms with Crippen molar-refractivity contribution in [3.05, 3.63) is 67.3 Å². The topological polar surface area (TPSA) is 59.9 Å². The molecule has 0 aliphatic heterocycles. The van der Waals surface area contributed by atoms with Gasteiger partial charge < -0.3 is 0 Å². The molecule has 22 heavy (non-hydrogen) atoms. The Balaban J connectivity index is 2.22. The van der Waals surface area contributed by atoms with Crippen LogP contribution in [-0.2, 0) is 9.05 Å². The van der Waals surface area contributed by atoms with Crippen molar-refractivity contribution in [1.29, 1.82) is 0 Å². The predicted octanol–water partition coefficient (Wildman–Crippen LogP) is 3.74. The molecule has 0 saturated heterocycles. The average Bonchev–Trinajstić information content (AvgIpc) is 2.55. The molecule has 0 bridgehead atoms. The second-order valence-electron chi connectivity index (χ2n) is 4.63. The summed E-state index contributed by atoms with van der Waals surface area (Å²) in [7, 11) is 1.72. The number of benzene rings is 1. The second kappa shape index (κ2) is 5.87. The van der Waals surface area contributed by atoms with Crippen molar-refractivity contribution in [1.82, 2.24) is 9.97 Å². The smallest absolute Gasteiger partial charge is 0.261 e. The van der Waals surface area contributed by atoms with Crippen molar-refractivity contribution >= 4 is 19.7 Å². The van der Waals surface area contributed by atoms with Gasteiger partial charge in [0, 0.05) is 52.2 Å². The first-order valence-electron chi connectivity index (χ1n) is 6.45. The molecule has 0 radical (unpaired) electrons. The molecule has 1 aromatic carbocycles. The summed E-state index contributed by atoms with van der Waals surface area (Å²) in [6.45, 7) is 0. The molecule has 0 spiro atoms. The fourth-order valence-electron chi connectivity index (χ4n) is 2.20. The van der Waals surface area contributed by atoms with Gasteiger partial charge in [-0.2, -0.15) is 0 Å². The summed E-state index contributed by atoms with van der Waals surface area (Å²) in [5, 5.41) is 0. The SMILES string of the molecule is O=S(=O)(Cl)c1cc(-c2cccnc2)ccc1-c1cccnc1. The quantitative estimate of drug-likeness (QED) is 0.686. The first-order valence-corrected chi connectivity index (χ1v) is 8.76. The summed E-state index contributed by atoms with van der Waals surface area (Å²) in [6, 6.07) is 12.3. The highest BCUT2D eigenvalue weighted by atomic mass is 35.7. The van der Waals surface area contributed by atoms with Gasteiger partial charge in [-0.05, 0) is 23.8 Å². The van der Waals surface area contributed by atoms with Crippen LogP contribution in [0.1, 0.15) is 0 Å². The molecule has 0 aliphatic carbocycles. The Kier molecular flexibility index (Phi) is 3.92. The molecule has 0 unspecified atom stereocenters. The third-order valence-electron chi connectivity index (χ3n) is 3.21. The van der Waals surface area contributed by atoms with Crippen LogP contribution in [-0.4, -0.2) is 18.4 Å². The zero-order chi connectivity index (χ0) is 15.6. The van der Waals surface area contributed by atoms with Crippen LogP contribution < -0.4 is 0 Å². The van der Waals surface area contributed by atoms with Crippen molar-refractivity contribution < 1.29 is 8.42 Å². The molecule has 0 fully saturated rings. The molecule has 2 aromatic heterocycles. The highest BCUT2D eigenvalue weighted by molar-refractivity contribution is 8.13. The van der Waals surface area contributed by atoms with E-state index in [2.05, 4.69) is 9.97 Å². The predicted molar refractivity (Wildman–Crippen MR) is 85.9 cm³/mol. The van der Waals surface area contributed by atoms with Gasteiger partial charge in [-0.3, -0.25) is 9.97 Å². The van der Waals surface area contributed by atoms with Gasteiger partial charge in [0.15, 0.2) is 0 Å². The number of nitrogens with zero attached hydrogens (tertiary/aromatic N) is 2. The second-order valence-corrected chi connectivity index (χ2v) is 7.17. The van der Waals surface area contributed by atoms with Crippen LogP contribution in [0.3, 0.4) is 0 Å². The number of aromatic nitrogens is 2. The Bertz CT molecular complexity index is 898. The Morgan fingerprint density at radius 3 is 2.00 bits per heavy atom. The van der Waals surface area contributed by atoms with Crippen LogP contribution in [0.4, 0.5) is 0 Å². The largest absolute Gasteiger partial charge is 0.264 e. The third kappa shape index (κ3) is 3.00. The molecule has 3 aromatic rings. The van der Waals surface area contributed by atoms with E-state index in [1.165, 1.54) is 0 Å². The molecule has 4 nitrogen and oxygen atoms in total. The molecule has 0 amide bonds. The van der Waals surface area contributed by atoms with Gasteiger partial charge in [0.1, 0.15) is 0 Å². The van der Waals surface area contributed by atoms with Crippen LogP contribution in [0.15, 0.2) is 72.1 Å². The van der Waals surface area contributed by atoms with Gasteiger partial charge in [-0.1, -0.05) is 24.3 Å². The van der Waals surface area contributed by atoms with Gasteiger partial charge >= 0.3 is 0 Å². The minimum atomic E-state index is -3.89. The molecular weight excluding hydrogens is 320 g/mol. The van der Waals surface area contributed by atoms with E-state index in [-0.39, 0.29) is 4.90 Å². The summed E-state index contributed by atoms with van der Waals surface area (Å²) in [5.74, 6) is 0. The van der Waals surface area contributed by atoms with Gasteiger partial charge in [0.2, 0.25) is 0 Å². The van der Waals surface area contributed by atoms with Crippen molar-refractivity contribution in [2.75, 3.05) is 0 Å². The van der Waals surface area contributed by atoms with E-state index in [0.29, 0.717) is 11.1 Å². The van der Waals surface area contributed by atoms with E-state index >= 15 is 0 Å². The third-order valence-corrected chi connectivity index (χ3v) is 4.57. The number of rotatable bonds is 3. The fourth-order valence-corrected chi connectivity index (χ4v) is 3.30. The average molecular weight is 331 g/mol. The Morgan fingerprint density at radius 2 is 1.45 bits per heavy atom. The molecule has 0 saturated carbocycles. The maximum atomic E-state index is 11.9. The molecule has 2 heterocycles. The maximum Gasteiger partial charge on any atom is 0.261 e. The lowest BCUT2D eigenvalue weighted by atomic mass is 10.0. The van der Waals surface area contributed by atoms with Gasteiger partial charge in [-0.25, -0.2) is 8.42 Å². The van der Waals surface area contributed by atoms with Crippen LogP contribution >= 0.6 is 10.7 Å². The Hall–Kier alpha value is -2.24. The van der Waals surface area contributed by atoms with E-state index in [4.69, 9.17) is 10.7 Å². The van der Waals surface area contributed by atoms with E-state index in [0.717, 1.165) is 11.1 Å². The summed E-state index contributed by atoms with van der Waals surface area (Å²) in [6.07, 6.45) is 6.56. The van der Waals surface area contributed by atoms with E-state index < -0.39 is 9.05 Å². The van der Waals surface area contributed by atoms with E-state index in [1.54, 1.807) is 55.1 Å². The van der Waals surface area contributed by atoms with Crippen LogP contribution in [0.2, 0.25) is 0 Å². The van der Waals surface area contributed by atoms with Gasteiger partial charge in [-0.15, -0.1) is 0 Å². The molecule has 3 rings (SSSR count). The first kappa shape index (κ1) is 14.7. The van der Waals surface area contributed by atoms with Gasteiger partial charge in [0.25, 0.3) is 9.05 Å². The van der Waals surface area contributed by atoms with E-state index in [1.807, 2.05) is 12.1 Å². The molecule has 110 valence electrons. The number of halogens is 1. The fraction of sp³-hybridized carbons (Fsp3) is 0. The number of hydrogen-bond acceptors (Lipinski definition) is 4. The highest BCUT2D eigenvalue weighted by Gasteiger charge is 2.18. The lowest BCUT2D eigenvalue weighted by Gasteiger charge is -2.09. The normalized spacial score (nSPS) is 11.3. The zero-order valence-corrected chi connectivity index (χ0v) is 12.9. The van der Waals surface area contributed by atoms with Crippen LogP contribution in [0.25, 0.3) is 22.3 Å².